The van der Waals surface area contributed by atoms with E-state index in [1.165, 1.54) is 12.1 Å². The molecule has 33 heavy (non-hydrogen) atoms. The molecule has 0 unspecified atom stereocenters. The number of benzene rings is 1. The van der Waals surface area contributed by atoms with Gasteiger partial charge in [0.1, 0.15) is 5.82 Å². The summed E-state index contributed by atoms with van der Waals surface area (Å²) in [7, 11) is 1.58. The highest BCUT2D eigenvalue weighted by Crippen LogP contribution is 2.55. The molecule has 2 aliphatic rings. The van der Waals surface area contributed by atoms with Crippen molar-refractivity contribution in [1.82, 2.24) is 10.6 Å². The standard InChI is InChI=1S/C26H39FN2O4/c1-16(25(32)28-15-18-5-7-19(27)8-6-18)20-9-12-26(3)13-10-21(17(2)23(26)24(20)31)29-22(30)11-14-33-4/h5-8,16-17,20-21,23-24,31H,9-15H2,1-4H3,(H,28,32)(H,29,30)/t16-,17+,20+,21-,23+,24-,26-/m0/s1. The van der Waals surface area contributed by atoms with Crippen LogP contribution in [0.4, 0.5) is 4.39 Å². The maximum atomic E-state index is 13.1. The topological polar surface area (TPSA) is 87.7 Å². The van der Waals surface area contributed by atoms with E-state index in [9.17, 15) is 19.1 Å². The lowest BCUT2D eigenvalue weighted by Crippen LogP contribution is -2.58. The molecule has 3 N–H and O–H groups in total. The molecule has 3 rings (SSSR count). The van der Waals surface area contributed by atoms with Crippen molar-refractivity contribution < 1.29 is 23.8 Å². The summed E-state index contributed by atoms with van der Waals surface area (Å²) in [5, 5.41) is 17.6. The van der Waals surface area contributed by atoms with E-state index in [-0.39, 0.29) is 52.8 Å². The Bertz CT molecular complexity index is 817. The second-order valence-corrected chi connectivity index (χ2v) is 10.3. The van der Waals surface area contributed by atoms with Crippen LogP contribution in [0, 0.1) is 34.9 Å². The second-order valence-electron chi connectivity index (χ2n) is 10.3. The predicted molar refractivity (Wildman–Crippen MR) is 125 cm³/mol. The zero-order chi connectivity index (χ0) is 24.2. The van der Waals surface area contributed by atoms with Crippen molar-refractivity contribution in [3.8, 4) is 0 Å². The number of fused-ring (bicyclic) bond motifs is 1. The van der Waals surface area contributed by atoms with Crippen LogP contribution in [-0.2, 0) is 20.9 Å². The number of ether oxygens (including phenoxy) is 1. The fourth-order valence-corrected chi connectivity index (χ4v) is 6.12. The van der Waals surface area contributed by atoms with Gasteiger partial charge in [-0.1, -0.05) is 32.9 Å². The van der Waals surface area contributed by atoms with Gasteiger partial charge in [0.2, 0.25) is 11.8 Å². The number of amides is 2. The smallest absolute Gasteiger partial charge is 0.223 e. The Morgan fingerprint density at radius 3 is 2.58 bits per heavy atom. The van der Waals surface area contributed by atoms with E-state index in [0.717, 1.165) is 31.2 Å². The molecule has 2 saturated carbocycles. The summed E-state index contributed by atoms with van der Waals surface area (Å²) in [6.07, 6.45) is 3.34. The molecule has 0 radical (unpaired) electrons. The molecule has 6 nitrogen and oxygen atoms in total. The normalized spacial score (nSPS) is 32.5. The van der Waals surface area contributed by atoms with Crippen LogP contribution in [0.15, 0.2) is 24.3 Å². The minimum absolute atomic E-state index is 0.00734. The Balaban J connectivity index is 1.63. The summed E-state index contributed by atoms with van der Waals surface area (Å²) in [5.74, 6) is -0.766. The third-order valence-corrected chi connectivity index (χ3v) is 8.20. The maximum absolute atomic E-state index is 13.1. The fraction of sp³-hybridized carbons (Fsp3) is 0.692. The van der Waals surface area contributed by atoms with Crippen molar-refractivity contribution in [1.29, 1.82) is 0 Å². The van der Waals surface area contributed by atoms with Crippen LogP contribution in [0.25, 0.3) is 0 Å². The van der Waals surface area contributed by atoms with Crippen LogP contribution in [-0.4, -0.2) is 42.8 Å². The van der Waals surface area contributed by atoms with Crippen molar-refractivity contribution >= 4 is 11.8 Å². The number of hydrogen-bond acceptors (Lipinski definition) is 4. The molecule has 2 fully saturated rings. The van der Waals surface area contributed by atoms with Gasteiger partial charge in [0, 0.05) is 32.0 Å². The molecular formula is C26H39FN2O4. The van der Waals surface area contributed by atoms with E-state index in [1.807, 2.05) is 6.92 Å². The highest BCUT2D eigenvalue weighted by molar-refractivity contribution is 5.78. The first-order valence-corrected chi connectivity index (χ1v) is 12.1. The van der Waals surface area contributed by atoms with Gasteiger partial charge in [0.25, 0.3) is 0 Å². The molecule has 0 saturated heterocycles. The van der Waals surface area contributed by atoms with Crippen molar-refractivity contribution in [2.45, 2.75) is 71.6 Å². The number of aliphatic hydroxyl groups is 1. The average Bonchev–Trinajstić information content (AvgIpc) is 2.78. The minimum atomic E-state index is -0.607. The SMILES string of the molecule is COCCC(=O)N[C@H]1CC[C@]2(C)CC[C@H]([C@H](C)C(=O)NCc3ccc(F)cc3)[C@H](O)[C@H]2[C@@H]1C. The van der Waals surface area contributed by atoms with E-state index >= 15 is 0 Å². The quantitative estimate of drug-likeness (QED) is 0.552. The van der Waals surface area contributed by atoms with E-state index in [2.05, 4.69) is 24.5 Å². The molecule has 0 aliphatic heterocycles. The summed E-state index contributed by atoms with van der Waals surface area (Å²) in [5.41, 5.74) is 0.842. The number of hydrogen-bond donors (Lipinski definition) is 3. The van der Waals surface area contributed by atoms with E-state index in [1.54, 1.807) is 19.2 Å². The van der Waals surface area contributed by atoms with E-state index in [4.69, 9.17) is 4.74 Å². The number of carbonyl (C=O) groups is 2. The molecule has 2 aliphatic carbocycles. The Hall–Kier alpha value is -1.99. The number of carbonyl (C=O) groups excluding carboxylic acids is 2. The first-order chi connectivity index (χ1) is 15.7. The molecule has 0 spiro atoms. The van der Waals surface area contributed by atoms with Crippen LogP contribution in [0.2, 0.25) is 0 Å². The largest absolute Gasteiger partial charge is 0.392 e. The minimum Gasteiger partial charge on any atom is -0.392 e. The van der Waals surface area contributed by atoms with E-state index < -0.39 is 6.10 Å². The Morgan fingerprint density at radius 2 is 1.91 bits per heavy atom. The lowest BCUT2D eigenvalue weighted by Gasteiger charge is -2.56. The lowest BCUT2D eigenvalue weighted by atomic mass is 9.51. The van der Waals surface area contributed by atoms with Gasteiger partial charge in [0.05, 0.1) is 12.7 Å². The fourth-order valence-electron chi connectivity index (χ4n) is 6.12. The van der Waals surface area contributed by atoms with Crippen molar-refractivity contribution in [3.63, 3.8) is 0 Å². The Kier molecular flexibility index (Phi) is 8.51. The molecule has 7 atom stereocenters. The molecule has 0 bridgehead atoms. The molecule has 0 heterocycles. The van der Waals surface area contributed by atoms with Crippen molar-refractivity contribution in [2.24, 2.45) is 29.1 Å². The first-order valence-electron chi connectivity index (χ1n) is 12.1. The van der Waals surface area contributed by atoms with Gasteiger partial charge in [-0.2, -0.15) is 0 Å². The predicted octanol–water partition coefficient (Wildman–Crippen LogP) is 3.42. The summed E-state index contributed by atoms with van der Waals surface area (Å²) in [4.78, 5) is 25.2. The van der Waals surface area contributed by atoms with Crippen LogP contribution in [0.5, 0.6) is 0 Å². The number of aliphatic hydroxyl groups excluding tert-OH is 1. The molecular weight excluding hydrogens is 423 g/mol. The van der Waals surface area contributed by atoms with Gasteiger partial charge in [-0.25, -0.2) is 4.39 Å². The second kappa shape index (κ2) is 11.0. The first kappa shape index (κ1) is 25.6. The molecule has 184 valence electrons. The monoisotopic (exact) mass is 462 g/mol. The summed E-state index contributed by atoms with van der Waals surface area (Å²) >= 11 is 0. The Morgan fingerprint density at radius 1 is 1.24 bits per heavy atom. The van der Waals surface area contributed by atoms with Crippen molar-refractivity contribution in [3.05, 3.63) is 35.6 Å². The lowest BCUT2D eigenvalue weighted by molar-refractivity contribution is -0.144. The Labute approximate surface area is 196 Å². The molecule has 2 amide bonds. The molecule has 1 aromatic rings. The van der Waals surface area contributed by atoms with Crippen molar-refractivity contribution in [2.75, 3.05) is 13.7 Å². The summed E-state index contributed by atoms with van der Waals surface area (Å²) in [6.45, 7) is 6.97. The van der Waals surface area contributed by atoms with Gasteiger partial charge in [0.15, 0.2) is 0 Å². The van der Waals surface area contributed by atoms with E-state index in [0.29, 0.717) is 19.6 Å². The number of rotatable bonds is 8. The van der Waals surface area contributed by atoms with Gasteiger partial charge in [-0.3, -0.25) is 9.59 Å². The number of nitrogens with one attached hydrogen (secondary N) is 2. The van der Waals surface area contributed by atoms with Crippen LogP contribution in [0.1, 0.15) is 58.4 Å². The zero-order valence-electron chi connectivity index (χ0n) is 20.3. The van der Waals surface area contributed by atoms with Crippen LogP contribution >= 0.6 is 0 Å². The van der Waals surface area contributed by atoms with Gasteiger partial charge in [-0.05, 0) is 66.5 Å². The third kappa shape index (κ3) is 5.93. The number of methoxy groups -OCH3 is 1. The molecule has 1 aromatic carbocycles. The molecule has 7 heteroatoms. The maximum Gasteiger partial charge on any atom is 0.223 e. The average molecular weight is 463 g/mol. The molecule has 0 aromatic heterocycles. The third-order valence-electron chi connectivity index (χ3n) is 8.20. The highest BCUT2D eigenvalue weighted by atomic mass is 19.1. The zero-order valence-corrected chi connectivity index (χ0v) is 20.3. The van der Waals surface area contributed by atoms with Crippen LogP contribution < -0.4 is 10.6 Å². The summed E-state index contributed by atoms with van der Waals surface area (Å²) < 4.78 is 18.1. The van der Waals surface area contributed by atoms with Gasteiger partial charge in [-0.15, -0.1) is 0 Å². The van der Waals surface area contributed by atoms with Gasteiger partial charge < -0.3 is 20.5 Å². The van der Waals surface area contributed by atoms with Crippen LogP contribution in [0.3, 0.4) is 0 Å². The van der Waals surface area contributed by atoms with Gasteiger partial charge >= 0.3 is 0 Å². The highest BCUT2D eigenvalue weighted by Gasteiger charge is 2.53. The summed E-state index contributed by atoms with van der Waals surface area (Å²) in [6, 6.07) is 6.10. The number of halogens is 1.